The number of ether oxygens (including phenoxy) is 1. The lowest BCUT2D eigenvalue weighted by Gasteiger charge is -2.17. The molecular formula is C11H17N3O2. The maximum absolute atomic E-state index is 12.1. The lowest BCUT2D eigenvalue weighted by atomic mass is 9.90. The zero-order valence-corrected chi connectivity index (χ0v) is 9.80. The molecule has 5 heteroatoms. The summed E-state index contributed by atoms with van der Waals surface area (Å²) in [5.41, 5.74) is 5.85. The van der Waals surface area contributed by atoms with Gasteiger partial charge in [-0.3, -0.25) is 4.79 Å². The molecule has 0 radical (unpaired) electrons. The van der Waals surface area contributed by atoms with E-state index in [4.69, 9.17) is 10.5 Å². The Morgan fingerprint density at radius 1 is 1.44 bits per heavy atom. The zero-order chi connectivity index (χ0) is 12.1. The first kappa shape index (κ1) is 12.6. The smallest absolute Gasteiger partial charge is 0.243 e. The molecule has 1 aromatic rings. The van der Waals surface area contributed by atoms with Gasteiger partial charge in [0.15, 0.2) is 11.5 Å². The van der Waals surface area contributed by atoms with Crippen molar-refractivity contribution in [2.24, 2.45) is 17.6 Å². The first-order valence-electron chi connectivity index (χ1n) is 5.21. The molecule has 0 fully saturated rings. The Bertz CT molecular complexity index is 366. The Morgan fingerprint density at radius 3 is 2.56 bits per heavy atom. The van der Waals surface area contributed by atoms with Crippen LogP contribution >= 0.6 is 0 Å². The van der Waals surface area contributed by atoms with Crippen molar-refractivity contribution in [3.8, 4) is 5.88 Å². The number of rotatable bonds is 5. The molecule has 0 amide bonds. The van der Waals surface area contributed by atoms with Crippen molar-refractivity contribution in [2.45, 2.75) is 13.8 Å². The summed E-state index contributed by atoms with van der Waals surface area (Å²) < 4.78 is 5.01. The number of ketones is 1. The normalized spacial score (nSPS) is 12.6. The summed E-state index contributed by atoms with van der Waals surface area (Å²) in [6.07, 6.45) is 2.96. The van der Waals surface area contributed by atoms with E-state index < -0.39 is 0 Å². The largest absolute Gasteiger partial charge is 0.479 e. The summed E-state index contributed by atoms with van der Waals surface area (Å²) in [7, 11) is 1.47. The SMILES string of the molecule is COc1nccnc1C(=O)C(CN)C(C)C. The van der Waals surface area contributed by atoms with Gasteiger partial charge in [-0.1, -0.05) is 13.8 Å². The number of Topliss-reactive ketones (excluding diaryl/α,β-unsaturated/α-hetero) is 1. The van der Waals surface area contributed by atoms with Gasteiger partial charge in [-0.25, -0.2) is 9.97 Å². The van der Waals surface area contributed by atoms with E-state index in [0.717, 1.165) is 0 Å². The van der Waals surface area contributed by atoms with Gasteiger partial charge in [0.05, 0.1) is 7.11 Å². The number of carbonyl (C=O) groups excluding carboxylic acids is 1. The third kappa shape index (κ3) is 2.55. The van der Waals surface area contributed by atoms with Gasteiger partial charge in [0.2, 0.25) is 5.88 Å². The molecule has 1 rings (SSSR count). The molecule has 16 heavy (non-hydrogen) atoms. The molecular weight excluding hydrogens is 206 g/mol. The minimum atomic E-state index is -0.245. The van der Waals surface area contributed by atoms with Crippen molar-refractivity contribution in [1.29, 1.82) is 0 Å². The summed E-state index contributed by atoms with van der Waals surface area (Å²) in [4.78, 5) is 20.1. The second-order valence-corrected chi connectivity index (χ2v) is 3.86. The van der Waals surface area contributed by atoms with Crippen LogP contribution in [0, 0.1) is 11.8 Å². The summed E-state index contributed by atoms with van der Waals surface area (Å²) in [6.45, 7) is 4.22. The highest BCUT2D eigenvalue weighted by molar-refractivity contribution is 5.98. The lowest BCUT2D eigenvalue weighted by Crippen LogP contribution is -2.29. The molecule has 1 aromatic heterocycles. The van der Waals surface area contributed by atoms with Crippen LogP contribution in [-0.2, 0) is 0 Å². The van der Waals surface area contributed by atoms with Gasteiger partial charge in [0.25, 0.3) is 0 Å². The highest BCUT2D eigenvalue weighted by Gasteiger charge is 2.26. The third-order valence-electron chi connectivity index (χ3n) is 2.49. The van der Waals surface area contributed by atoms with E-state index >= 15 is 0 Å². The number of hydrogen-bond donors (Lipinski definition) is 1. The fraction of sp³-hybridized carbons (Fsp3) is 0.545. The average Bonchev–Trinajstić information content (AvgIpc) is 2.29. The average molecular weight is 223 g/mol. The Labute approximate surface area is 95.0 Å². The van der Waals surface area contributed by atoms with Crippen molar-refractivity contribution < 1.29 is 9.53 Å². The third-order valence-corrected chi connectivity index (χ3v) is 2.49. The monoisotopic (exact) mass is 223 g/mol. The highest BCUT2D eigenvalue weighted by Crippen LogP contribution is 2.20. The van der Waals surface area contributed by atoms with E-state index in [-0.39, 0.29) is 29.2 Å². The fourth-order valence-corrected chi connectivity index (χ4v) is 1.50. The number of hydrogen-bond acceptors (Lipinski definition) is 5. The molecule has 0 bridgehead atoms. The van der Waals surface area contributed by atoms with E-state index in [1.807, 2.05) is 13.8 Å². The summed E-state index contributed by atoms with van der Waals surface area (Å²) in [6, 6.07) is 0. The molecule has 2 N–H and O–H groups in total. The van der Waals surface area contributed by atoms with Crippen molar-refractivity contribution >= 4 is 5.78 Å². The molecule has 0 saturated heterocycles. The van der Waals surface area contributed by atoms with Gasteiger partial charge in [-0.05, 0) is 5.92 Å². The van der Waals surface area contributed by atoms with Crippen molar-refractivity contribution in [3.63, 3.8) is 0 Å². The Kier molecular flexibility index (Phi) is 4.37. The van der Waals surface area contributed by atoms with Crippen LogP contribution in [0.15, 0.2) is 12.4 Å². The maximum atomic E-state index is 12.1. The fourth-order valence-electron chi connectivity index (χ4n) is 1.50. The topological polar surface area (TPSA) is 78.1 Å². The van der Waals surface area contributed by atoms with Gasteiger partial charge < -0.3 is 10.5 Å². The van der Waals surface area contributed by atoms with Crippen LogP contribution in [0.25, 0.3) is 0 Å². The van der Waals surface area contributed by atoms with E-state index in [0.29, 0.717) is 6.54 Å². The summed E-state index contributed by atoms with van der Waals surface area (Å²) >= 11 is 0. The van der Waals surface area contributed by atoms with Crippen LogP contribution in [0.1, 0.15) is 24.3 Å². The van der Waals surface area contributed by atoms with Gasteiger partial charge in [-0.2, -0.15) is 0 Å². The van der Waals surface area contributed by atoms with E-state index in [2.05, 4.69) is 9.97 Å². The van der Waals surface area contributed by atoms with Gasteiger partial charge in [0, 0.05) is 24.9 Å². The predicted octanol–water partition coefficient (Wildman–Crippen LogP) is 0.899. The number of nitrogens with two attached hydrogens (primary N) is 1. The van der Waals surface area contributed by atoms with Crippen LogP contribution in [-0.4, -0.2) is 29.4 Å². The number of carbonyl (C=O) groups is 1. The Balaban J connectivity index is 3.03. The second kappa shape index (κ2) is 5.55. The van der Waals surface area contributed by atoms with Crippen LogP contribution in [0.3, 0.4) is 0 Å². The van der Waals surface area contributed by atoms with E-state index in [1.165, 1.54) is 19.5 Å². The highest BCUT2D eigenvalue weighted by atomic mass is 16.5. The number of methoxy groups -OCH3 is 1. The van der Waals surface area contributed by atoms with E-state index in [9.17, 15) is 4.79 Å². The molecule has 0 saturated carbocycles. The standard InChI is InChI=1S/C11H17N3O2/c1-7(2)8(6-12)10(15)9-11(16-3)14-5-4-13-9/h4-5,7-8H,6,12H2,1-3H3. The molecule has 88 valence electrons. The Hall–Kier alpha value is -1.49. The van der Waals surface area contributed by atoms with Crippen molar-refractivity contribution in [1.82, 2.24) is 9.97 Å². The van der Waals surface area contributed by atoms with Crippen LogP contribution in [0.5, 0.6) is 5.88 Å². The van der Waals surface area contributed by atoms with Crippen molar-refractivity contribution in [3.05, 3.63) is 18.1 Å². The van der Waals surface area contributed by atoms with Crippen molar-refractivity contribution in [2.75, 3.05) is 13.7 Å². The number of aromatic nitrogens is 2. The summed E-state index contributed by atoms with van der Waals surface area (Å²) in [5, 5.41) is 0. The van der Waals surface area contributed by atoms with Gasteiger partial charge >= 0.3 is 0 Å². The molecule has 1 atom stereocenters. The van der Waals surface area contributed by atoms with Crippen LogP contribution in [0.2, 0.25) is 0 Å². The van der Waals surface area contributed by atoms with Gasteiger partial charge in [0.1, 0.15) is 0 Å². The van der Waals surface area contributed by atoms with E-state index in [1.54, 1.807) is 0 Å². The molecule has 1 heterocycles. The molecule has 0 aromatic carbocycles. The Morgan fingerprint density at radius 2 is 2.06 bits per heavy atom. The number of nitrogens with zero attached hydrogens (tertiary/aromatic N) is 2. The molecule has 0 aliphatic rings. The summed E-state index contributed by atoms with van der Waals surface area (Å²) in [5.74, 6) is 0.0730. The minimum absolute atomic E-state index is 0.109. The molecule has 5 nitrogen and oxygen atoms in total. The van der Waals surface area contributed by atoms with Gasteiger partial charge in [-0.15, -0.1) is 0 Å². The van der Waals surface area contributed by atoms with Crippen LogP contribution in [0.4, 0.5) is 0 Å². The zero-order valence-electron chi connectivity index (χ0n) is 9.80. The van der Waals surface area contributed by atoms with Crippen LogP contribution < -0.4 is 10.5 Å². The second-order valence-electron chi connectivity index (χ2n) is 3.86. The molecule has 0 spiro atoms. The first-order chi connectivity index (χ1) is 7.61. The molecule has 0 aliphatic carbocycles. The molecule has 1 unspecified atom stereocenters. The maximum Gasteiger partial charge on any atom is 0.243 e. The minimum Gasteiger partial charge on any atom is -0.479 e. The quantitative estimate of drug-likeness (QED) is 0.750. The lowest BCUT2D eigenvalue weighted by molar-refractivity contribution is 0.0882. The molecule has 0 aliphatic heterocycles. The first-order valence-corrected chi connectivity index (χ1v) is 5.21. The predicted molar refractivity (Wildman–Crippen MR) is 60.3 cm³/mol.